The summed E-state index contributed by atoms with van der Waals surface area (Å²) >= 11 is 7.44. The van der Waals surface area contributed by atoms with Crippen LogP contribution in [0, 0.1) is 0 Å². The lowest BCUT2D eigenvalue weighted by molar-refractivity contribution is -0.123. The Bertz CT molecular complexity index is 1150. The smallest absolute Gasteiger partial charge is 0.277 e. The lowest BCUT2D eigenvalue weighted by Gasteiger charge is -2.13. The first-order valence-corrected chi connectivity index (χ1v) is 13.8. The second-order valence-electron chi connectivity index (χ2n) is 7.52. The highest BCUT2D eigenvalue weighted by Gasteiger charge is 2.18. The number of ether oxygens (including phenoxy) is 3. The van der Waals surface area contributed by atoms with Gasteiger partial charge in [0.05, 0.1) is 17.9 Å². The summed E-state index contributed by atoms with van der Waals surface area (Å²) < 4.78 is 18.2. The van der Waals surface area contributed by atoms with Gasteiger partial charge in [0.2, 0.25) is 0 Å². The zero-order chi connectivity index (χ0) is 24.5. The molecular formula is C26H25BrN2O4S2. The highest BCUT2D eigenvalue weighted by molar-refractivity contribution is 9.10. The van der Waals surface area contributed by atoms with E-state index in [1.54, 1.807) is 13.2 Å². The van der Waals surface area contributed by atoms with Crippen LogP contribution in [0.5, 0.6) is 17.2 Å². The second kappa shape index (κ2) is 12.9. The van der Waals surface area contributed by atoms with Gasteiger partial charge in [-0.15, -0.1) is 23.5 Å². The number of hydrogen-bond acceptors (Lipinski definition) is 7. The van der Waals surface area contributed by atoms with Crippen LogP contribution in [-0.2, 0) is 11.4 Å². The van der Waals surface area contributed by atoms with Crippen molar-refractivity contribution < 1.29 is 19.0 Å². The van der Waals surface area contributed by atoms with E-state index in [-0.39, 0.29) is 12.5 Å². The minimum absolute atomic E-state index is 0.125. The molecule has 0 aromatic heterocycles. The molecule has 0 aliphatic carbocycles. The molecule has 0 bridgehead atoms. The van der Waals surface area contributed by atoms with Gasteiger partial charge in [-0.05, 0) is 51.3 Å². The summed E-state index contributed by atoms with van der Waals surface area (Å²) in [5.41, 5.74) is 5.55. The van der Waals surface area contributed by atoms with Gasteiger partial charge in [0, 0.05) is 21.5 Å². The van der Waals surface area contributed by atoms with Gasteiger partial charge < -0.3 is 14.2 Å². The third-order valence-corrected chi connectivity index (χ3v) is 8.85. The van der Waals surface area contributed by atoms with E-state index in [4.69, 9.17) is 14.2 Å². The van der Waals surface area contributed by atoms with Crippen molar-refractivity contribution in [3.63, 3.8) is 0 Å². The fourth-order valence-electron chi connectivity index (χ4n) is 3.28. The van der Waals surface area contributed by atoms with E-state index in [9.17, 15) is 4.79 Å². The third-order valence-electron chi connectivity index (χ3n) is 5.06. The summed E-state index contributed by atoms with van der Waals surface area (Å²) in [7, 11) is 1.58. The molecule has 1 aliphatic rings. The number of halogens is 1. The molecule has 9 heteroatoms. The van der Waals surface area contributed by atoms with E-state index >= 15 is 0 Å². The van der Waals surface area contributed by atoms with Gasteiger partial charge in [-0.3, -0.25) is 4.79 Å². The van der Waals surface area contributed by atoms with E-state index in [2.05, 4.69) is 38.6 Å². The molecule has 0 radical (unpaired) electrons. The average molecular weight is 574 g/mol. The lowest BCUT2D eigenvalue weighted by Crippen LogP contribution is -2.24. The Morgan fingerprint density at radius 3 is 2.51 bits per heavy atom. The summed E-state index contributed by atoms with van der Waals surface area (Å²) in [5, 5.41) is 4.04. The van der Waals surface area contributed by atoms with Crippen LogP contribution < -0.4 is 19.6 Å². The number of rotatable bonds is 10. The first-order chi connectivity index (χ1) is 17.1. The van der Waals surface area contributed by atoms with Gasteiger partial charge in [0.25, 0.3) is 5.91 Å². The normalized spacial score (nSPS) is 13.7. The van der Waals surface area contributed by atoms with Crippen LogP contribution in [0.25, 0.3) is 0 Å². The monoisotopic (exact) mass is 572 g/mol. The SMILES string of the molecule is COc1cc(/C=N\NC(=O)COc2ccc(C3SCCS3)cc2)c(Br)cc1OCc1ccccc1. The van der Waals surface area contributed by atoms with Gasteiger partial charge in [0.1, 0.15) is 12.4 Å². The van der Waals surface area contributed by atoms with Gasteiger partial charge in [-0.25, -0.2) is 5.43 Å². The minimum atomic E-state index is -0.349. The maximum absolute atomic E-state index is 12.2. The van der Waals surface area contributed by atoms with Gasteiger partial charge in [0.15, 0.2) is 18.1 Å². The number of thioether (sulfide) groups is 2. The van der Waals surface area contributed by atoms with E-state index in [1.165, 1.54) is 23.3 Å². The molecule has 1 amide bonds. The van der Waals surface area contributed by atoms with Crippen molar-refractivity contribution in [2.75, 3.05) is 25.2 Å². The molecule has 6 nitrogen and oxygen atoms in total. The number of hydrazone groups is 1. The van der Waals surface area contributed by atoms with Crippen molar-refractivity contribution in [1.29, 1.82) is 0 Å². The number of carbonyl (C=O) groups is 1. The maximum atomic E-state index is 12.2. The standard InChI is InChI=1S/C26H25BrN2O4S2/c1-31-23-13-20(22(27)14-24(23)33-16-18-5-3-2-4-6-18)15-28-29-25(30)17-32-21-9-7-19(8-10-21)26-34-11-12-35-26/h2-10,13-15,26H,11-12,16-17H2,1H3,(H,29,30)/b28-15-. The zero-order valence-corrected chi connectivity index (χ0v) is 22.3. The van der Waals surface area contributed by atoms with E-state index in [0.29, 0.717) is 28.4 Å². The van der Waals surface area contributed by atoms with Crippen LogP contribution in [-0.4, -0.2) is 37.3 Å². The molecule has 3 aromatic rings. The molecule has 1 N–H and O–H groups in total. The van der Waals surface area contributed by atoms with Crippen molar-refractivity contribution in [3.05, 3.63) is 87.9 Å². The van der Waals surface area contributed by atoms with Crippen molar-refractivity contribution in [2.24, 2.45) is 5.10 Å². The van der Waals surface area contributed by atoms with Crippen LogP contribution in [0.4, 0.5) is 0 Å². The first-order valence-electron chi connectivity index (χ1n) is 10.9. The van der Waals surface area contributed by atoms with Gasteiger partial charge in [-0.1, -0.05) is 42.5 Å². The average Bonchev–Trinajstić information content (AvgIpc) is 3.43. The first kappa shape index (κ1) is 25.5. The molecule has 182 valence electrons. The number of amides is 1. The molecule has 0 spiro atoms. The lowest BCUT2D eigenvalue weighted by atomic mass is 10.2. The molecular weight excluding hydrogens is 548 g/mol. The Balaban J connectivity index is 1.28. The number of benzene rings is 3. The molecule has 1 saturated heterocycles. The molecule has 1 fully saturated rings. The second-order valence-corrected chi connectivity index (χ2v) is 11.1. The quantitative estimate of drug-likeness (QED) is 0.236. The predicted octanol–water partition coefficient (Wildman–Crippen LogP) is 6.04. The zero-order valence-electron chi connectivity index (χ0n) is 19.1. The number of nitrogens with one attached hydrogen (secondary N) is 1. The minimum Gasteiger partial charge on any atom is -0.493 e. The van der Waals surface area contributed by atoms with E-state index in [0.717, 1.165) is 15.6 Å². The van der Waals surface area contributed by atoms with Crippen LogP contribution in [0.2, 0.25) is 0 Å². The Morgan fingerprint density at radius 2 is 1.80 bits per heavy atom. The van der Waals surface area contributed by atoms with Crippen LogP contribution in [0.15, 0.2) is 76.3 Å². The third kappa shape index (κ3) is 7.43. The number of methoxy groups -OCH3 is 1. The molecule has 0 unspecified atom stereocenters. The van der Waals surface area contributed by atoms with E-state index in [1.807, 2.05) is 72.1 Å². The largest absolute Gasteiger partial charge is 0.493 e. The number of nitrogens with zero attached hydrogens (tertiary/aromatic N) is 1. The fourth-order valence-corrected chi connectivity index (χ4v) is 6.57. The van der Waals surface area contributed by atoms with Crippen LogP contribution in [0.3, 0.4) is 0 Å². The summed E-state index contributed by atoms with van der Waals surface area (Å²) in [4.78, 5) is 12.2. The molecule has 0 saturated carbocycles. The topological polar surface area (TPSA) is 69.2 Å². The molecule has 1 aliphatic heterocycles. The molecule has 35 heavy (non-hydrogen) atoms. The highest BCUT2D eigenvalue weighted by atomic mass is 79.9. The van der Waals surface area contributed by atoms with Gasteiger partial charge in [-0.2, -0.15) is 5.10 Å². The van der Waals surface area contributed by atoms with Crippen molar-refractivity contribution in [2.45, 2.75) is 11.2 Å². The fraction of sp³-hybridized carbons (Fsp3) is 0.231. The molecule has 3 aromatic carbocycles. The summed E-state index contributed by atoms with van der Waals surface area (Å²) in [6, 6.07) is 21.4. The highest BCUT2D eigenvalue weighted by Crippen LogP contribution is 2.45. The van der Waals surface area contributed by atoms with E-state index < -0.39 is 0 Å². The Hall–Kier alpha value is -2.62. The predicted molar refractivity (Wildman–Crippen MR) is 147 cm³/mol. The number of hydrogen-bond donors (Lipinski definition) is 1. The van der Waals surface area contributed by atoms with Crippen molar-refractivity contribution >= 4 is 51.6 Å². The van der Waals surface area contributed by atoms with Gasteiger partial charge >= 0.3 is 0 Å². The Morgan fingerprint density at radius 1 is 1.06 bits per heavy atom. The Labute approximate surface area is 221 Å². The summed E-state index contributed by atoms with van der Waals surface area (Å²) in [6.45, 7) is 0.300. The van der Waals surface area contributed by atoms with Crippen LogP contribution >= 0.6 is 39.5 Å². The summed E-state index contributed by atoms with van der Waals surface area (Å²) in [6.07, 6.45) is 1.54. The molecule has 1 heterocycles. The summed E-state index contributed by atoms with van der Waals surface area (Å²) in [5.74, 6) is 3.85. The molecule has 0 atom stereocenters. The van der Waals surface area contributed by atoms with Crippen LogP contribution in [0.1, 0.15) is 21.3 Å². The van der Waals surface area contributed by atoms with Crippen molar-refractivity contribution in [1.82, 2.24) is 5.43 Å². The molecule has 4 rings (SSSR count). The maximum Gasteiger partial charge on any atom is 0.277 e. The Kier molecular flexibility index (Phi) is 9.39. The van der Waals surface area contributed by atoms with Crippen molar-refractivity contribution in [3.8, 4) is 17.2 Å². The number of carbonyl (C=O) groups excluding carboxylic acids is 1.